The largest absolute Gasteiger partial charge is 0.481 e. The Bertz CT molecular complexity index is 405. The molecule has 0 amide bonds. The molecule has 0 saturated heterocycles. The van der Waals surface area contributed by atoms with Gasteiger partial charge in [0.2, 0.25) is 0 Å². The van der Waals surface area contributed by atoms with Gasteiger partial charge in [-0.3, -0.25) is 4.79 Å². The topological polar surface area (TPSA) is 68.0 Å². The number of aryl methyl sites for hydroxylation is 1. The van der Waals surface area contributed by atoms with Crippen molar-refractivity contribution in [1.29, 1.82) is 0 Å². The van der Waals surface area contributed by atoms with Gasteiger partial charge in [-0.25, -0.2) is 0 Å². The van der Waals surface area contributed by atoms with Crippen LogP contribution in [-0.4, -0.2) is 31.6 Å². The van der Waals surface area contributed by atoms with E-state index in [2.05, 4.69) is 14.8 Å². The van der Waals surface area contributed by atoms with E-state index in [4.69, 9.17) is 5.11 Å². The molecule has 0 spiro atoms. The van der Waals surface area contributed by atoms with Crippen LogP contribution in [-0.2, 0) is 17.8 Å². The molecule has 1 aromatic heterocycles. The van der Waals surface area contributed by atoms with Crippen molar-refractivity contribution in [2.75, 3.05) is 5.75 Å². The molecular weight excluding hydrogens is 238 g/mol. The van der Waals surface area contributed by atoms with Gasteiger partial charge < -0.3 is 9.67 Å². The number of nitrogens with zero attached hydrogens (tertiary/aromatic N) is 3. The van der Waals surface area contributed by atoms with Crippen molar-refractivity contribution in [2.24, 2.45) is 5.92 Å². The molecule has 1 aromatic rings. The fourth-order valence-corrected chi connectivity index (χ4v) is 2.83. The number of aliphatic carboxylic acids is 1. The number of fused-ring (bicyclic) bond motifs is 1. The summed E-state index contributed by atoms with van der Waals surface area (Å²) in [4.78, 5) is 10.7. The summed E-state index contributed by atoms with van der Waals surface area (Å²) in [5, 5.41) is 18.0. The number of aromatic nitrogens is 3. The van der Waals surface area contributed by atoms with Gasteiger partial charge in [-0.05, 0) is 12.8 Å². The molecule has 1 atom stereocenters. The van der Waals surface area contributed by atoms with Crippen molar-refractivity contribution in [3.8, 4) is 0 Å². The minimum Gasteiger partial charge on any atom is -0.481 e. The molecule has 6 heteroatoms. The first kappa shape index (κ1) is 12.4. The Kier molecular flexibility index (Phi) is 4.04. The highest BCUT2D eigenvalue weighted by atomic mass is 32.2. The summed E-state index contributed by atoms with van der Waals surface area (Å²) >= 11 is 1.50. The van der Waals surface area contributed by atoms with Crippen LogP contribution in [0.5, 0.6) is 0 Å². The number of carboxylic acids is 1. The standard InChI is InChI=1S/C11H17N3O2S/c1-8(10(15)16)7-17-11-13-12-9-5-3-2-4-6-14(9)11/h8H,2-7H2,1H3,(H,15,16). The SMILES string of the molecule is CC(CSc1nnc2n1CCCCC2)C(=O)O. The Hall–Kier alpha value is -1.04. The first-order valence-corrected chi connectivity index (χ1v) is 6.94. The second-order valence-electron chi connectivity index (χ2n) is 4.41. The second-order valence-corrected chi connectivity index (χ2v) is 5.40. The van der Waals surface area contributed by atoms with Crippen LogP contribution in [0.15, 0.2) is 5.16 Å². The van der Waals surface area contributed by atoms with Crippen molar-refractivity contribution < 1.29 is 9.90 Å². The lowest BCUT2D eigenvalue weighted by atomic mass is 10.2. The summed E-state index contributed by atoms with van der Waals surface area (Å²) in [5.41, 5.74) is 0. The van der Waals surface area contributed by atoms with Crippen molar-refractivity contribution in [3.05, 3.63) is 5.82 Å². The highest BCUT2D eigenvalue weighted by Crippen LogP contribution is 2.23. The number of carbonyl (C=O) groups is 1. The van der Waals surface area contributed by atoms with Gasteiger partial charge in [0.05, 0.1) is 5.92 Å². The van der Waals surface area contributed by atoms with E-state index in [0.717, 1.165) is 30.4 Å². The summed E-state index contributed by atoms with van der Waals surface area (Å²) < 4.78 is 2.15. The van der Waals surface area contributed by atoms with Gasteiger partial charge in [0.25, 0.3) is 0 Å². The van der Waals surface area contributed by atoms with Crippen LogP contribution in [0.1, 0.15) is 32.0 Å². The Morgan fingerprint density at radius 2 is 2.29 bits per heavy atom. The zero-order valence-electron chi connectivity index (χ0n) is 9.93. The molecule has 0 fully saturated rings. The van der Waals surface area contributed by atoms with E-state index in [0.29, 0.717) is 5.75 Å². The highest BCUT2D eigenvalue weighted by molar-refractivity contribution is 7.99. The first-order valence-electron chi connectivity index (χ1n) is 5.96. The van der Waals surface area contributed by atoms with Gasteiger partial charge >= 0.3 is 5.97 Å². The molecule has 0 saturated carbocycles. The van der Waals surface area contributed by atoms with Gasteiger partial charge in [0, 0.05) is 18.7 Å². The third-order valence-electron chi connectivity index (χ3n) is 2.96. The van der Waals surface area contributed by atoms with Crippen LogP contribution >= 0.6 is 11.8 Å². The average molecular weight is 255 g/mol. The third-order valence-corrected chi connectivity index (χ3v) is 4.19. The molecule has 2 rings (SSSR count). The summed E-state index contributed by atoms with van der Waals surface area (Å²) in [6.45, 7) is 2.68. The molecule has 1 aliphatic heterocycles. The molecule has 2 heterocycles. The van der Waals surface area contributed by atoms with Crippen LogP contribution in [0.4, 0.5) is 0 Å². The van der Waals surface area contributed by atoms with Crippen LogP contribution in [0.3, 0.4) is 0 Å². The lowest BCUT2D eigenvalue weighted by Gasteiger charge is -2.07. The Morgan fingerprint density at radius 1 is 1.47 bits per heavy atom. The van der Waals surface area contributed by atoms with Crippen LogP contribution in [0.25, 0.3) is 0 Å². The second kappa shape index (κ2) is 5.53. The van der Waals surface area contributed by atoms with E-state index < -0.39 is 5.97 Å². The molecule has 1 N–H and O–H groups in total. The van der Waals surface area contributed by atoms with Crippen LogP contribution < -0.4 is 0 Å². The number of thioether (sulfide) groups is 1. The van der Waals surface area contributed by atoms with Crippen molar-refractivity contribution in [2.45, 2.75) is 44.3 Å². The number of rotatable bonds is 4. The Labute approximate surface area is 105 Å². The zero-order valence-corrected chi connectivity index (χ0v) is 10.7. The van der Waals surface area contributed by atoms with Crippen LogP contribution in [0, 0.1) is 5.92 Å². The fourth-order valence-electron chi connectivity index (χ4n) is 1.84. The molecule has 0 bridgehead atoms. The van der Waals surface area contributed by atoms with Crippen LogP contribution in [0.2, 0.25) is 0 Å². The zero-order chi connectivity index (χ0) is 12.3. The molecule has 17 heavy (non-hydrogen) atoms. The Balaban J connectivity index is 2.01. The molecule has 0 aliphatic carbocycles. The average Bonchev–Trinajstić information content (AvgIpc) is 2.54. The fraction of sp³-hybridized carbons (Fsp3) is 0.727. The van der Waals surface area contributed by atoms with E-state index in [9.17, 15) is 4.79 Å². The third kappa shape index (κ3) is 3.00. The number of carboxylic acid groups (broad SMARTS) is 1. The molecule has 5 nitrogen and oxygen atoms in total. The van der Waals surface area contributed by atoms with E-state index in [1.54, 1.807) is 6.92 Å². The predicted octanol–water partition coefficient (Wildman–Crippen LogP) is 1.82. The summed E-state index contributed by atoms with van der Waals surface area (Å²) in [7, 11) is 0. The van der Waals surface area contributed by atoms with Gasteiger partial charge in [-0.1, -0.05) is 25.1 Å². The van der Waals surface area contributed by atoms with E-state index in [1.807, 2.05) is 0 Å². The monoisotopic (exact) mass is 255 g/mol. The van der Waals surface area contributed by atoms with Gasteiger partial charge in [-0.2, -0.15) is 0 Å². The Morgan fingerprint density at radius 3 is 3.06 bits per heavy atom. The minimum absolute atomic E-state index is 0.348. The molecule has 0 aromatic carbocycles. The van der Waals surface area contributed by atoms with Gasteiger partial charge in [0.1, 0.15) is 5.82 Å². The lowest BCUT2D eigenvalue weighted by molar-refractivity contribution is -0.140. The predicted molar refractivity (Wildman–Crippen MR) is 65.1 cm³/mol. The maximum Gasteiger partial charge on any atom is 0.307 e. The van der Waals surface area contributed by atoms with Crippen molar-refractivity contribution in [1.82, 2.24) is 14.8 Å². The molecule has 1 unspecified atom stereocenters. The van der Waals surface area contributed by atoms with Crippen molar-refractivity contribution in [3.63, 3.8) is 0 Å². The van der Waals surface area contributed by atoms with Gasteiger partial charge in [0.15, 0.2) is 5.16 Å². The summed E-state index contributed by atoms with van der Waals surface area (Å²) in [6.07, 6.45) is 4.56. The van der Waals surface area contributed by atoms with E-state index in [-0.39, 0.29) is 5.92 Å². The van der Waals surface area contributed by atoms with Gasteiger partial charge in [-0.15, -0.1) is 10.2 Å². The number of hydrogen-bond acceptors (Lipinski definition) is 4. The van der Waals surface area contributed by atoms with E-state index in [1.165, 1.54) is 24.6 Å². The molecule has 0 radical (unpaired) electrons. The minimum atomic E-state index is -0.756. The maximum atomic E-state index is 10.7. The van der Waals surface area contributed by atoms with Crippen molar-refractivity contribution >= 4 is 17.7 Å². The van der Waals surface area contributed by atoms with E-state index >= 15 is 0 Å². The first-order chi connectivity index (χ1) is 8.18. The normalized spacial score (nSPS) is 17.2. The molecule has 1 aliphatic rings. The molecule has 94 valence electrons. The number of hydrogen-bond donors (Lipinski definition) is 1. The lowest BCUT2D eigenvalue weighted by Crippen LogP contribution is -2.12. The highest BCUT2D eigenvalue weighted by Gasteiger charge is 2.17. The smallest absolute Gasteiger partial charge is 0.307 e. The maximum absolute atomic E-state index is 10.7. The summed E-state index contributed by atoms with van der Waals surface area (Å²) in [6, 6.07) is 0. The molecular formula is C11H17N3O2S. The quantitative estimate of drug-likeness (QED) is 0.831. The summed E-state index contributed by atoms with van der Waals surface area (Å²) in [5.74, 6) is 0.493.